The lowest BCUT2D eigenvalue weighted by molar-refractivity contribution is 0.179. The number of aliphatic imine (C=N–C) groups is 1. The maximum absolute atomic E-state index is 5.79. The molecule has 0 spiro atoms. The highest BCUT2D eigenvalue weighted by Gasteiger charge is 2.13. The lowest BCUT2D eigenvalue weighted by Crippen LogP contribution is -2.40. The molecule has 0 saturated heterocycles. The Kier molecular flexibility index (Phi) is 10.2. The van der Waals surface area contributed by atoms with Crippen molar-refractivity contribution in [2.75, 3.05) is 26.9 Å². The Labute approximate surface area is 157 Å². The minimum Gasteiger partial charge on any atom is -0.492 e. The Morgan fingerprint density at radius 1 is 1.35 bits per heavy atom. The third kappa shape index (κ3) is 9.00. The van der Waals surface area contributed by atoms with Crippen LogP contribution in [0, 0.1) is 0 Å². The molecule has 0 heterocycles. The van der Waals surface area contributed by atoms with Gasteiger partial charge in [0.05, 0.1) is 13.2 Å². The third-order valence-corrected chi connectivity index (χ3v) is 3.15. The van der Waals surface area contributed by atoms with Crippen molar-refractivity contribution in [2.24, 2.45) is 10.7 Å². The second-order valence-corrected chi connectivity index (χ2v) is 6.39. The Hall–Kier alpha value is -1.02. The van der Waals surface area contributed by atoms with Gasteiger partial charge in [-0.05, 0) is 30.0 Å². The van der Waals surface area contributed by atoms with E-state index in [9.17, 15) is 0 Å². The van der Waals surface area contributed by atoms with Gasteiger partial charge < -0.3 is 20.5 Å². The van der Waals surface area contributed by atoms with Crippen LogP contribution < -0.4 is 15.8 Å². The van der Waals surface area contributed by atoms with Crippen LogP contribution in [-0.4, -0.2) is 38.9 Å². The van der Waals surface area contributed by atoms with Crippen LogP contribution in [0.2, 0.25) is 0 Å². The molecular formula is C17H30IN3O2. The third-order valence-electron chi connectivity index (χ3n) is 3.15. The molecule has 0 fully saturated rings. The molecule has 0 aromatic heterocycles. The molecule has 0 aliphatic heterocycles. The highest BCUT2D eigenvalue weighted by molar-refractivity contribution is 14.0. The lowest BCUT2D eigenvalue weighted by atomic mass is 9.87. The first-order valence-corrected chi connectivity index (χ1v) is 7.61. The summed E-state index contributed by atoms with van der Waals surface area (Å²) in [5, 5.41) is 3.06. The second kappa shape index (κ2) is 10.7. The van der Waals surface area contributed by atoms with Gasteiger partial charge in [0.1, 0.15) is 12.4 Å². The summed E-state index contributed by atoms with van der Waals surface area (Å²) in [7, 11) is 1.66. The van der Waals surface area contributed by atoms with Gasteiger partial charge in [-0.1, -0.05) is 32.9 Å². The number of halogens is 1. The summed E-state index contributed by atoms with van der Waals surface area (Å²) in [6.07, 6.45) is 0. The molecular weight excluding hydrogens is 405 g/mol. The van der Waals surface area contributed by atoms with Crippen molar-refractivity contribution in [2.45, 2.75) is 39.2 Å². The van der Waals surface area contributed by atoms with E-state index >= 15 is 0 Å². The maximum atomic E-state index is 5.79. The molecule has 5 nitrogen and oxygen atoms in total. The topological polar surface area (TPSA) is 68.9 Å². The van der Waals surface area contributed by atoms with Crippen LogP contribution in [0.5, 0.6) is 5.75 Å². The molecule has 1 aromatic rings. The molecule has 1 aromatic carbocycles. The van der Waals surface area contributed by atoms with Gasteiger partial charge in [-0.25, -0.2) is 4.99 Å². The van der Waals surface area contributed by atoms with Crippen molar-refractivity contribution in [3.63, 3.8) is 0 Å². The van der Waals surface area contributed by atoms with Crippen molar-refractivity contribution in [3.8, 4) is 5.75 Å². The van der Waals surface area contributed by atoms with Crippen LogP contribution >= 0.6 is 24.0 Å². The van der Waals surface area contributed by atoms with Crippen molar-refractivity contribution in [3.05, 3.63) is 29.8 Å². The van der Waals surface area contributed by atoms with Gasteiger partial charge in [-0.3, -0.25) is 0 Å². The number of guanidine groups is 1. The van der Waals surface area contributed by atoms with Crippen molar-refractivity contribution >= 4 is 29.9 Å². The highest BCUT2D eigenvalue weighted by Crippen LogP contribution is 2.25. The molecule has 3 N–H and O–H groups in total. The van der Waals surface area contributed by atoms with Crippen molar-refractivity contribution < 1.29 is 9.47 Å². The molecule has 6 heteroatoms. The fraction of sp³-hybridized carbons (Fsp3) is 0.588. The number of rotatable bonds is 7. The zero-order valence-corrected chi connectivity index (χ0v) is 17.1. The predicted octanol–water partition coefficient (Wildman–Crippen LogP) is 2.92. The standard InChI is InChI=1S/C17H29N3O2.HI/c1-13(12-21-5)20-16(18)19-9-10-22-15-8-6-7-14(11-15)17(2,3)4;/h6-8,11,13H,9-10,12H2,1-5H3,(H3,18,19,20);1H. The van der Waals surface area contributed by atoms with Crippen LogP contribution in [0.3, 0.4) is 0 Å². The lowest BCUT2D eigenvalue weighted by Gasteiger charge is -2.19. The number of nitrogens with two attached hydrogens (primary N) is 1. The summed E-state index contributed by atoms with van der Waals surface area (Å²) in [6.45, 7) is 10.1. The fourth-order valence-corrected chi connectivity index (χ4v) is 1.97. The van der Waals surface area contributed by atoms with Gasteiger partial charge in [-0.2, -0.15) is 0 Å². The van der Waals surface area contributed by atoms with E-state index in [0.717, 1.165) is 5.75 Å². The summed E-state index contributed by atoms with van der Waals surface area (Å²) < 4.78 is 10.8. The van der Waals surface area contributed by atoms with E-state index in [2.05, 4.69) is 43.2 Å². The first kappa shape index (κ1) is 22.0. The van der Waals surface area contributed by atoms with Gasteiger partial charge in [0.2, 0.25) is 0 Å². The average Bonchev–Trinajstić information content (AvgIpc) is 2.43. The molecule has 132 valence electrons. The van der Waals surface area contributed by atoms with Crippen LogP contribution in [0.25, 0.3) is 0 Å². The molecule has 0 saturated carbocycles. The number of nitrogens with zero attached hydrogens (tertiary/aromatic N) is 1. The predicted molar refractivity (Wildman–Crippen MR) is 107 cm³/mol. The van der Waals surface area contributed by atoms with Gasteiger partial charge in [0.25, 0.3) is 0 Å². The summed E-state index contributed by atoms with van der Waals surface area (Å²) in [5.74, 6) is 1.28. The summed E-state index contributed by atoms with van der Waals surface area (Å²) in [5.41, 5.74) is 7.16. The van der Waals surface area contributed by atoms with E-state index in [4.69, 9.17) is 15.2 Å². The summed E-state index contributed by atoms with van der Waals surface area (Å²) in [6, 6.07) is 8.30. The molecule has 1 atom stereocenters. The van der Waals surface area contributed by atoms with Crippen molar-refractivity contribution in [1.82, 2.24) is 5.32 Å². The van der Waals surface area contributed by atoms with E-state index in [0.29, 0.717) is 25.7 Å². The number of ether oxygens (including phenoxy) is 2. The Balaban J connectivity index is 0.00000484. The normalized spacial score (nSPS) is 13.2. The van der Waals surface area contributed by atoms with Crippen LogP contribution in [0.15, 0.2) is 29.3 Å². The molecule has 0 bridgehead atoms. The van der Waals surface area contributed by atoms with Crippen LogP contribution in [0.1, 0.15) is 33.3 Å². The highest BCUT2D eigenvalue weighted by atomic mass is 127. The van der Waals surface area contributed by atoms with Crippen LogP contribution in [-0.2, 0) is 10.2 Å². The number of nitrogens with one attached hydrogen (secondary N) is 1. The SMILES string of the molecule is COCC(C)NC(N)=NCCOc1cccc(C(C)(C)C)c1.I. The quantitative estimate of drug-likeness (QED) is 0.299. The average molecular weight is 435 g/mol. The van der Waals surface area contributed by atoms with Gasteiger partial charge >= 0.3 is 0 Å². The van der Waals surface area contributed by atoms with E-state index in [1.807, 2.05) is 19.1 Å². The van der Waals surface area contributed by atoms with E-state index < -0.39 is 0 Å². The van der Waals surface area contributed by atoms with E-state index in [-0.39, 0.29) is 35.4 Å². The van der Waals surface area contributed by atoms with Crippen molar-refractivity contribution in [1.29, 1.82) is 0 Å². The zero-order chi connectivity index (χ0) is 16.6. The molecule has 1 rings (SSSR count). The summed E-state index contributed by atoms with van der Waals surface area (Å²) >= 11 is 0. The second-order valence-electron chi connectivity index (χ2n) is 6.39. The molecule has 23 heavy (non-hydrogen) atoms. The number of hydrogen-bond acceptors (Lipinski definition) is 3. The molecule has 1 unspecified atom stereocenters. The van der Waals surface area contributed by atoms with E-state index in [1.54, 1.807) is 7.11 Å². The fourth-order valence-electron chi connectivity index (χ4n) is 1.97. The number of hydrogen-bond donors (Lipinski definition) is 2. The minimum absolute atomic E-state index is 0. The first-order valence-electron chi connectivity index (χ1n) is 7.61. The maximum Gasteiger partial charge on any atom is 0.188 e. The van der Waals surface area contributed by atoms with Gasteiger partial charge in [-0.15, -0.1) is 24.0 Å². The van der Waals surface area contributed by atoms with Gasteiger partial charge in [0.15, 0.2) is 5.96 Å². The van der Waals surface area contributed by atoms with Gasteiger partial charge in [0, 0.05) is 13.2 Å². The molecule has 0 aliphatic rings. The minimum atomic E-state index is 0. The Morgan fingerprint density at radius 2 is 2.04 bits per heavy atom. The molecule has 0 amide bonds. The first-order chi connectivity index (χ1) is 10.3. The molecule has 0 radical (unpaired) electrons. The Bertz CT molecular complexity index is 487. The monoisotopic (exact) mass is 435 g/mol. The summed E-state index contributed by atoms with van der Waals surface area (Å²) in [4.78, 5) is 4.24. The Morgan fingerprint density at radius 3 is 2.65 bits per heavy atom. The van der Waals surface area contributed by atoms with E-state index in [1.165, 1.54) is 5.56 Å². The zero-order valence-electron chi connectivity index (χ0n) is 14.8. The molecule has 0 aliphatic carbocycles. The largest absolute Gasteiger partial charge is 0.492 e. The van der Waals surface area contributed by atoms with Crippen LogP contribution in [0.4, 0.5) is 0 Å². The number of methoxy groups -OCH3 is 1. The smallest absolute Gasteiger partial charge is 0.188 e. The number of benzene rings is 1.